The van der Waals surface area contributed by atoms with Crippen LogP contribution >= 0.6 is 0 Å². The van der Waals surface area contributed by atoms with Crippen LogP contribution in [0, 0.1) is 0 Å². The third-order valence-electron chi connectivity index (χ3n) is 2.57. The van der Waals surface area contributed by atoms with Crippen LogP contribution in [0.4, 0.5) is 5.69 Å². The molecule has 4 heteroatoms. The van der Waals surface area contributed by atoms with Crippen molar-refractivity contribution in [3.8, 4) is 5.75 Å². The summed E-state index contributed by atoms with van der Waals surface area (Å²) in [6.07, 6.45) is 1.84. The molecule has 2 N–H and O–H groups in total. The largest absolute Gasteiger partial charge is 0.508 e. The Labute approximate surface area is 87.9 Å². The van der Waals surface area contributed by atoms with E-state index in [9.17, 15) is 9.90 Å². The lowest BCUT2D eigenvalue weighted by Crippen LogP contribution is -2.13. The zero-order valence-electron chi connectivity index (χ0n) is 8.54. The Morgan fingerprint density at radius 3 is 3.07 bits per heavy atom. The van der Waals surface area contributed by atoms with Gasteiger partial charge in [0.1, 0.15) is 5.75 Å². The summed E-state index contributed by atoms with van der Waals surface area (Å²) in [5.74, 6) is -0.263. The van der Waals surface area contributed by atoms with Crippen molar-refractivity contribution in [1.82, 2.24) is 0 Å². The number of rotatable bonds is 1. The minimum Gasteiger partial charge on any atom is -0.508 e. The van der Waals surface area contributed by atoms with Gasteiger partial charge in [-0.25, -0.2) is 4.79 Å². The summed E-state index contributed by atoms with van der Waals surface area (Å²) < 4.78 is 4.60. The van der Waals surface area contributed by atoms with Gasteiger partial charge in [-0.1, -0.05) is 0 Å². The molecule has 0 atom stereocenters. The van der Waals surface area contributed by atoms with Crippen molar-refractivity contribution in [1.29, 1.82) is 0 Å². The molecule has 0 bridgehead atoms. The Kier molecular flexibility index (Phi) is 2.49. The highest BCUT2D eigenvalue weighted by Gasteiger charge is 2.16. The quantitative estimate of drug-likeness (QED) is 0.686. The molecular formula is C11H13NO3. The van der Waals surface area contributed by atoms with Crippen molar-refractivity contribution >= 4 is 11.7 Å². The molecule has 0 aromatic heterocycles. The van der Waals surface area contributed by atoms with Crippen LogP contribution in [0.2, 0.25) is 0 Å². The van der Waals surface area contributed by atoms with Crippen LogP contribution in [0.5, 0.6) is 5.75 Å². The van der Waals surface area contributed by atoms with E-state index in [1.807, 2.05) is 0 Å². The van der Waals surface area contributed by atoms with Gasteiger partial charge in [0.25, 0.3) is 0 Å². The van der Waals surface area contributed by atoms with E-state index in [0.717, 1.165) is 30.6 Å². The van der Waals surface area contributed by atoms with Crippen LogP contribution in [0.25, 0.3) is 0 Å². The van der Waals surface area contributed by atoms with E-state index in [2.05, 4.69) is 10.1 Å². The van der Waals surface area contributed by atoms with E-state index in [0.29, 0.717) is 5.56 Å². The number of phenolic OH excluding ortho intramolecular Hbond substituents is 1. The molecule has 1 aliphatic rings. The van der Waals surface area contributed by atoms with Gasteiger partial charge in [-0.3, -0.25) is 0 Å². The Bertz CT molecular complexity index is 401. The van der Waals surface area contributed by atoms with Crippen molar-refractivity contribution in [2.75, 3.05) is 19.0 Å². The number of hydrogen-bond acceptors (Lipinski definition) is 4. The molecule has 0 amide bonds. The summed E-state index contributed by atoms with van der Waals surface area (Å²) in [5, 5.41) is 12.9. The number of fused-ring (bicyclic) bond motifs is 1. The van der Waals surface area contributed by atoms with E-state index in [1.54, 1.807) is 6.07 Å². The predicted molar refractivity (Wildman–Crippen MR) is 56.3 cm³/mol. The number of ether oxygens (including phenoxy) is 1. The minimum atomic E-state index is -0.430. The highest BCUT2D eigenvalue weighted by molar-refractivity contribution is 5.91. The zero-order chi connectivity index (χ0) is 10.8. The molecule has 1 aromatic rings. The van der Waals surface area contributed by atoms with Gasteiger partial charge < -0.3 is 15.2 Å². The molecule has 80 valence electrons. The second kappa shape index (κ2) is 3.81. The van der Waals surface area contributed by atoms with Crippen molar-refractivity contribution < 1.29 is 14.6 Å². The number of carbonyl (C=O) groups is 1. The SMILES string of the molecule is COC(=O)c1cc(O)c2c(c1)NCCC2. The molecule has 0 spiro atoms. The molecule has 0 saturated carbocycles. The first-order valence-corrected chi connectivity index (χ1v) is 4.90. The third-order valence-corrected chi connectivity index (χ3v) is 2.57. The maximum Gasteiger partial charge on any atom is 0.338 e. The molecule has 0 radical (unpaired) electrons. The molecule has 2 rings (SSSR count). The molecule has 1 heterocycles. The molecule has 4 nitrogen and oxygen atoms in total. The van der Waals surface area contributed by atoms with E-state index in [4.69, 9.17) is 0 Å². The average molecular weight is 207 g/mol. The second-order valence-electron chi connectivity index (χ2n) is 3.54. The first-order valence-electron chi connectivity index (χ1n) is 4.90. The number of nitrogens with one attached hydrogen (secondary N) is 1. The molecule has 1 aliphatic heterocycles. The summed E-state index contributed by atoms with van der Waals surface area (Å²) in [5.41, 5.74) is 2.10. The standard InChI is InChI=1S/C11H13NO3/c1-15-11(14)7-5-9-8(10(13)6-7)3-2-4-12-9/h5-6,12-13H,2-4H2,1H3. The van der Waals surface area contributed by atoms with Crippen molar-refractivity contribution in [2.45, 2.75) is 12.8 Å². The number of carbonyl (C=O) groups excluding carboxylic acids is 1. The maximum atomic E-state index is 11.3. The number of esters is 1. The minimum absolute atomic E-state index is 0.167. The van der Waals surface area contributed by atoms with Gasteiger partial charge in [-0.15, -0.1) is 0 Å². The third kappa shape index (κ3) is 1.75. The van der Waals surface area contributed by atoms with Gasteiger partial charge in [0.15, 0.2) is 0 Å². The Morgan fingerprint density at radius 2 is 2.33 bits per heavy atom. The van der Waals surface area contributed by atoms with Gasteiger partial charge in [-0.2, -0.15) is 0 Å². The zero-order valence-corrected chi connectivity index (χ0v) is 8.54. The van der Waals surface area contributed by atoms with Gasteiger partial charge in [0.05, 0.1) is 12.7 Å². The van der Waals surface area contributed by atoms with E-state index < -0.39 is 5.97 Å². The van der Waals surface area contributed by atoms with Gasteiger partial charge in [0.2, 0.25) is 0 Å². The summed E-state index contributed by atoms with van der Waals surface area (Å²) in [4.78, 5) is 11.3. The molecular weight excluding hydrogens is 194 g/mol. The van der Waals surface area contributed by atoms with Gasteiger partial charge in [-0.05, 0) is 25.0 Å². The van der Waals surface area contributed by atoms with Crippen molar-refractivity contribution in [3.63, 3.8) is 0 Å². The summed E-state index contributed by atoms with van der Waals surface area (Å²) in [6.45, 7) is 0.872. The summed E-state index contributed by atoms with van der Waals surface area (Å²) >= 11 is 0. The lowest BCUT2D eigenvalue weighted by atomic mass is 10.00. The van der Waals surface area contributed by atoms with Crippen LogP contribution in [0.3, 0.4) is 0 Å². The van der Waals surface area contributed by atoms with E-state index in [1.165, 1.54) is 13.2 Å². The number of aromatic hydroxyl groups is 1. The summed E-state index contributed by atoms with van der Waals surface area (Å²) in [6, 6.07) is 3.18. The monoisotopic (exact) mass is 207 g/mol. The Balaban J connectivity index is 2.45. The number of methoxy groups -OCH3 is 1. The number of hydrogen-bond donors (Lipinski definition) is 2. The Hall–Kier alpha value is -1.71. The first kappa shape index (κ1) is 9.83. The van der Waals surface area contributed by atoms with Crippen LogP contribution in [0.1, 0.15) is 22.3 Å². The highest BCUT2D eigenvalue weighted by Crippen LogP contribution is 2.31. The lowest BCUT2D eigenvalue weighted by Gasteiger charge is -2.19. The number of benzene rings is 1. The molecule has 0 unspecified atom stereocenters. The van der Waals surface area contributed by atoms with Crippen LogP contribution in [0.15, 0.2) is 12.1 Å². The van der Waals surface area contributed by atoms with Crippen LogP contribution in [-0.2, 0) is 11.2 Å². The lowest BCUT2D eigenvalue weighted by molar-refractivity contribution is 0.0600. The van der Waals surface area contributed by atoms with Gasteiger partial charge >= 0.3 is 5.97 Å². The second-order valence-corrected chi connectivity index (χ2v) is 3.54. The van der Waals surface area contributed by atoms with E-state index in [-0.39, 0.29) is 5.75 Å². The topological polar surface area (TPSA) is 58.6 Å². The smallest absolute Gasteiger partial charge is 0.338 e. The maximum absolute atomic E-state index is 11.3. The molecule has 1 aromatic carbocycles. The predicted octanol–water partition coefficient (Wildman–Crippen LogP) is 1.54. The van der Waals surface area contributed by atoms with Gasteiger partial charge in [0, 0.05) is 17.8 Å². The van der Waals surface area contributed by atoms with Crippen molar-refractivity contribution in [2.24, 2.45) is 0 Å². The Morgan fingerprint density at radius 1 is 1.53 bits per heavy atom. The fourth-order valence-electron chi connectivity index (χ4n) is 1.80. The van der Waals surface area contributed by atoms with Crippen LogP contribution in [-0.4, -0.2) is 24.7 Å². The molecule has 15 heavy (non-hydrogen) atoms. The summed E-state index contributed by atoms with van der Waals surface area (Å²) in [7, 11) is 1.33. The fraction of sp³-hybridized carbons (Fsp3) is 0.364. The number of anilines is 1. The van der Waals surface area contributed by atoms with Crippen LogP contribution < -0.4 is 5.32 Å². The van der Waals surface area contributed by atoms with Crippen molar-refractivity contribution in [3.05, 3.63) is 23.3 Å². The molecule has 0 saturated heterocycles. The first-order chi connectivity index (χ1) is 7.22. The molecule has 0 aliphatic carbocycles. The van der Waals surface area contributed by atoms with E-state index >= 15 is 0 Å². The normalized spacial score (nSPS) is 13.9. The molecule has 0 fully saturated rings. The fourth-order valence-corrected chi connectivity index (χ4v) is 1.80. The number of phenols is 1. The highest BCUT2D eigenvalue weighted by atomic mass is 16.5. The average Bonchev–Trinajstić information content (AvgIpc) is 2.28.